The first-order valence-electron chi connectivity index (χ1n) is 5.46. The maximum absolute atomic E-state index is 11.0. The second-order valence-electron chi connectivity index (χ2n) is 4.04. The van der Waals surface area contributed by atoms with Crippen LogP contribution in [0.1, 0.15) is 29.3 Å². The van der Waals surface area contributed by atoms with Gasteiger partial charge in [0.2, 0.25) is 0 Å². The third-order valence-electron chi connectivity index (χ3n) is 2.81. The number of nitrogens with zero attached hydrogens (tertiary/aromatic N) is 1. The Morgan fingerprint density at radius 2 is 2.19 bits per heavy atom. The molecular weight excluding hydrogens is 202 g/mol. The molecule has 0 aliphatic rings. The molecule has 16 heavy (non-hydrogen) atoms. The van der Waals surface area contributed by atoms with Crippen LogP contribution in [0.5, 0.6) is 0 Å². The van der Waals surface area contributed by atoms with E-state index < -0.39 is 5.97 Å². The molecule has 0 spiro atoms. The van der Waals surface area contributed by atoms with Gasteiger partial charge in [0.1, 0.15) is 0 Å². The van der Waals surface area contributed by atoms with E-state index in [0.717, 1.165) is 29.4 Å². The number of carbonyl (C=O) groups is 1. The molecule has 2 rings (SSSR count). The predicted molar refractivity (Wildman–Crippen MR) is 63.9 cm³/mol. The number of carboxylic acid groups (broad SMARTS) is 1. The lowest BCUT2D eigenvalue weighted by Crippen LogP contribution is -2.01. The van der Waals surface area contributed by atoms with Crippen molar-refractivity contribution in [2.24, 2.45) is 0 Å². The lowest BCUT2D eigenvalue weighted by molar-refractivity contribution is 0.0696. The molecular formula is C13H15NO2. The summed E-state index contributed by atoms with van der Waals surface area (Å²) >= 11 is 0. The highest BCUT2D eigenvalue weighted by atomic mass is 16.4. The van der Waals surface area contributed by atoms with E-state index in [0.29, 0.717) is 5.56 Å². The second kappa shape index (κ2) is 4.00. The standard InChI is InChI=1S/C13H15NO2/c1-3-5-14-6-4-10-7-9(2)11(13(15)16)8-12(10)14/h4,6-8H,3,5H2,1-2H3,(H,15,16). The molecule has 1 aromatic heterocycles. The molecule has 0 atom stereocenters. The SMILES string of the molecule is CCCn1ccc2cc(C)c(C(=O)O)cc21. The molecule has 0 aliphatic carbocycles. The van der Waals surface area contributed by atoms with Crippen molar-refractivity contribution in [3.05, 3.63) is 35.5 Å². The zero-order valence-corrected chi connectivity index (χ0v) is 9.53. The van der Waals surface area contributed by atoms with Gasteiger partial charge in [-0.25, -0.2) is 4.79 Å². The van der Waals surface area contributed by atoms with Gasteiger partial charge in [-0.15, -0.1) is 0 Å². The highest BCUT2D eigenvalue weighted by molar-refractivity contribution is 5.95. The van der Waals surface area contributed by atoms with Gasteiger partial charge in [-0.1, -0.05) is 6.92 Å². The summed E-state index contributed by atoms with van der Waals surface area (Å²) in [6.45, 7) is 4.86. The number of benzene rings is 1. The summed E-state index contributed by atoms with van der Waals surface area (Å²) in [5.41, 5.74) is 2.21. The number of aromatic carboxylic acids is 1. The number of carboxylic acids is 1. The summed E-state index contributed by atoms with van der Waals surface area (Å²) in [7, 11) is 0. The first-order valence-corrected chi connectivity index (χ1v) is 5.46. The van der Waals surface area contributed by atoms with Gasteiger partial charge in [0.25, 0.3) is 0 Å². The molecule has 2 aromatic rings. The Morgan fingerprint density at radius 3 is 2.81 bits per heavy atom. The molecule has 84 valence electrons. The predicted octanol–water partition coefficient (Wildman–Crippen LogP) is 3.06. The Bertz CT molecular complexity index is 540. The van der Waals surface area contributed by atoms with Crippen LogP contribution in [-0.4, -0.2) is 15.6 Å². The molecule has 1 N–H and O–H groups in total. The lowest BCUT2D eigenvalue weighted by Gasteiger charge is -2.05. The van der Waals surface area contributed by atoms with Crippen LogP contribution in [0, 0.1) is 6.92 Å². The normalized spacial score (nSPS) is 10.9. The number of aryl methyl sites for hydroxylation is 2. The average Bonchev–Trinajstić information content (AvgIpc) is 2.60. The highest BCUT2D eigenvalue weighted by Gasteiger charge is 2.10. The summed E-state index contributed by atoms with van der Waals surface area (Å²) in [5, 5.41) is 10.2. The summed E-state index contributed by atoms with van der Waals surface area (Å²) in [6, 6.07) is 5.73. The topological polar surface area (TPSA) is 42.2 Å². The molecule has 3 nitrogen and oxygen atoms in total. The maximum Gasteiger partial charge on any atom is 0.336 e. The number of aromatic nitrogens is 1. The third-order valence-corrected chi connectivity index (χ3v) is 2.81. The van der Waals surface area contributed by atoms with E-state index in [4.69, 9.17) is 5.11 Å². The monoisotopic (exact) mass is 217 g/mol. The summed E-state index contributed by atoms with van der Waals surface area (Å²) in [4.78, 5) is 11.0. The summed E-state index contributed by atoms with van der Waals surface area (Å²) < 4.78 is 2.10. The van der Waals surface area contributed by atoms with Gasteiger partial charge in [0.05, 0.1) is 5.56 Å². The summed E-state index contributed by atoms with van der Waals surface area (Å²) in [5.74, 6) is -0.858. The minimum atomic E-state index is -0.858. The minimum Gasteiger partial charge on any atom is -0.478 e. The smallest absolute Gasteiger partial charge is 0.336 e. The zero-order chi connectivity index (χ0) is 11.7. The van der Waals surface area contributed by atoms with E-state index in [1.54, 1.807) is 6.07 Å². The van der Waals surface area contributed by atoms with Crippen LogP contribution in [0.3, 0.4) is 0 Å². The first kappa shape index (κ1) is 10.7. The average molecular weight is 217 g/mol. The molecule has 1 heterocycles. The van der Waals surface area contributed by atoms with Crippen LogP contribution in [0.25, 0.3) is 10.9 Å². The Hall–Kier alpha value is -1.77. The number of hydrogen-bond donors (Lipinski definition) is 1. The Balaban J connectivity index is 2.64. The van der Waals surface area contributed by atoms with Crippen molar-refractivity contribution in [2.45, 2.75) is 26.8 Å². The molecule has 0 amide bonds. The van der Waals surface area contributed by atoms with Crippen LogP contribution >= 0.6 is 0 Å². The van der Waals surface area contributed by atoms with Crippen LogP contribution in [0.4, 0.5) is 0 Å². The molecule has 0 saturated carbocycles. The fourth-order valence-corrected chi connectivity index (χ4v) is 2.02. The van der Waals surface area contributed by atoms with Crippen molar-refractivity contribution in [3.63, 3.8) is 0 Å². The fraction of sp³-hybridized carbons (Fsp3) is 0.308. The lowest BCUT2D eigenvalue weighted by atomic mass is 10.1. The minimum absolute atomic E-state index is 0.392. The van der Waals surface area contributed by atoms with Crippen LogP contribution in [0.2, 0.25) is 0 Å². The van der Waals surface area contributed by atoms with E-state index in [1.807, 2.05) is 25.3 Å². The van der Waals surface area contributed by atoms with E-state index in [1.165, 1.54) is 0 Å². The Kier molecular flexibility index (Phi) is 2.69. The third kappa shape index (κ3) is 1.69. The largest absolute Gasteiger partial charge is 0.478 e. The number of hydrogen-bond acceptors (Lipinski definition) is 1. The van der Waals surface area contributed by atoms with Crippen molar-refractivity contribution in [1.29, 1.82) is 0 Å². The molecule has 0 unspecified atom stereocenters. The van der Waals surface area contributed by atoms with Gasteiger partial charge in [-0.2, -0.15) is 0 Å². The zero-order valence-electron chi connectivity index (χ0n) is 9.53. The molecule has 0 bridgehead atoms. The summed E-state index contributed by atoms with van der Waals surface area (Å²) in [6.07, 6.45) is 3.05. The van der Waals surface area contributed by atoms with Gasteiger partial charge in [-0.05, 0) is 42.5 Å². The van der Waals surface area contributed by atoms with E-state index in [2.05, 4.69) is 11.5 Å². The quantitative estimate of drug-likeness (QED) is 0.858. The van der Waals surface area contributed by atoms with E-state index in [9.17, 15) is 4.79 Å². The molecule has 0 fully saturated rings. The van der Waals surface area contributed by atoms with Gasteiger partial charge in [0.15, 0.2) is 0 Å². The van der Waals surface area contributed by atoms with Crippen molar-refractivity contribution < 1.29 is 9.90 Å². The van der Waals surface area contributed by atoms with Crippen LogP contribution in [0.15, 0.2) is 24.4 Å². The van der Waals surface area contributed by atoms with Crippen LogP contribution in [-0.2, 0) is 6.54 Å². The van der Waals surface area contributed by atoms with Gasteiger partial charge < -0.3 is 9.67 Å². The van der Waals surface area contributed by atoms with Crippen molar-refractivity contribution in [3.8, 4) is 0 Å². The molecule has 0 radical (unpaired) electrons. The van der Waals surface area contributed by atoms with Gasteiger partial charge in [-0.3, -0.25) is 0 Å². The first-order chi connectivity index (χ1) is 7.63. The maximum atomic E-state index is 11.0. The van der Waals surface area contributed by atoms with Crippen molar-refractivity contribution >= 4 is 16.9 Å². The van der Waals surface area contributed by atoms with Crippen LogP contribution < -0.4 is 0 Å². The highest BCUT2D eigenvalue weighted by Crippen LogP contribution is 2.21. The molecule has 0 aliphatic heterocycles. The molecule has 3 heteroatoms. The van der Waals surface area contributed by atoms with Crippen molar-refractivity contribution in [2.75, 3.05) is 0 Å². The van der Waals surface area contributed by atoms with E-state index >= 15 is 0 Å². The van der Waals surface area contributed by atoms with E-state index in [-0.39, 0.29) is 0 Å². The molecule has 0 saturated heterocycles. The van der Waals surface area contributed by atoms with Crippen molar-refractivity contribution in [1.82, 2.24) is 4.57 Å². The number of fused-ring (bicyclic) bond motifs is 1. The Labute approximate surface area is 94.3 Å². The second-order valence-corrected chi connectivity index (χ2v) is 4.04. The molecule has 1 aromatic carbocycles. The van der Waals surface area contributed by atoms with Gasteiger partial charge >= 0.3 is 5.97 Å². The number of rotatable bonds is 3. The Morgan fingerprint density at radius 1 is 1.44 bits per heavy atom. The van der Waals surface area contributed by atoms with Gasteiger partial charge in [0, 0.05) is 18.3 Å². The fourth-order valence-electron chi connectivity index (χ4n) is 2.02.